The predicted octanol–water partition coefficient (Wildman–Crippen LogP) is 3.40. The monoisotopic (exact) mass is 331 g/mol. The van der Waals surface area contributed by atoms with Crippen LogP contribution in [0.3, 0.4) is 0 Å². The van der Waals surface area contributed by atoms with Gasteiger partial charge >= 0.3 is 0 Å². The van der Waals surface area contributed by atoms with Crippen LogP contribution in [0.4, 0.5) is 0 Å². The Morgan fingerprint density at radius 1 is 1.26 bits per heavy atom. The normalized spacial score (nSPS) is 20.7. The highest BCUT2D eigenvalue weighted by atomic mass is 32.2. The Balaban J connectivity index is 1.75. The minimum Gasteiger partial charge on any atom is -0.421 e. The summed E-state index contributed by atoms with van der Waals surface area (Å²) in [6, 6.07) is 7.70. The molecule has 0 radical (unpaired) electrons. The van der Waals surface area contributed by atoms with Gasteiger partial charge < -0.3 is 9.32 Å². The first-order chi connectivity index (χ1) is 11.1. The number of aryl methyl sites for hydroxylation is 1. The first kappa shape index (κ1) is 16.1. The van der Waals surface area contributed by atoms with Crippen LogP contribution in [0, 0.1) is 6.92 Å². The Bertz CT molecular complexity index is 683. The average Bonchev–Trinajstić information content (AvgIpc) is 3.22. The van der Waals surface area contributed by atoms with E-state index in [1.165, 1.54) is 12.8 Å². The van der Waals surface area contributed by atoms with E-state index in [1.54, 1.807) is 6.92 Å². The van der Waals surface area contributed by atoms with Gasteiger partial charge in [0.15, 0.2) is 0 Å². The third-order valence-corrected chi connectivity index (χ3v) is 5.60. The summed E-state index contributed by atoms with van der Waals surface area (Å²) in [6.07, 6.45) is 5.61. The van der Waals surface area contributed by atoms with Crippen molar-refractivity contribution in [1.29, 1.82) is 0 Å². The van der Waals surface area contributed by atoms with E-state index in [0.717, 1.165) is 12.0 Å². The Kier molecular flexibility index (Phi) is 4.71. The maximum absolute atomic E-state index is 12.7. The molecule has 0 spiro atoms. The summed E-state index contributed by atoms with van der Waals surface area (Å²) in [7, 11) is 1.91. The van der Waals surface area contributed by atoms with Gasteiger partial charge in [-0.15, -0.1) is 10.2 Å². The molecule has 1 aliphatic carbocycles. The van der Waals surface area contributed by atoms with E-state index in [9.17, 15) is 4.79 Å². The number of thioether (sulfide) groups is 1. The number of benzene rings is 1. The molecule has 1 aliphatic rings. The van der Waals surface area contributed by atoms with Gasteiger partial charge in [-0.25, -0.2) is 0 Å². The Morgan fingerprint density at radius 2 is 2.00 bits per heavy atom. The number of hydrogen-bond donors (Lipinski definition) is 0. The zero-order chi connectivity index (χ0) is 16.4. The third kappa shape index (κ3) is 3.27. The van der Waals surface area contributed by atoms with Gasteiger partial charge in [-0.2, -0.15) is 11.8 Å². The van der Waals surface area contributed by atoms with Crippen LogP contribution in [0.15, 0.2) is 28.7 Å². The molecule has 0 aliphatic heterocycles. The number of carbonyl (C=O) groups excluding carboxylic acids is 1. The minimum atomic E-state index is 0.0733. The topological polar surface area (TPSA) is 59.2 Å². The molecular formula is C17H21N3O2S. The standard InChI is InChI=1S/C17H21N3O2S/c1-11-18-19-16(22-11)12-7-9-13(10-8-12)17(21)20(2)14-5-4-6-15(14)23-3/h7-10,14-15H,4-6H2,1-3H3/t14-,15-/m1/s1. The molecule has 3 rings (SSSR count). The lowest BCUT2D eigenvalue weighted by molar-refractivity contribution is 0.0738. The summed E-state index contributed by atoms with van der Waals surface area (Å²) in [5.74, 6) is 1.08. The van der Waals surface area contributed by atoms with E-state index >= 15 is 0 Å². The number of amides is 1. The fourth-order valence-corrected chi connectivity index (χ4v) is 4.18. The summed E-state index contributed by atoms with van der Waals surface area (Å²) in [4.78, 5) is 14.6. The first-order valence-electron chi connectivity index (χ1n) is 7.80. The summed E-state index contributed by atoms with van der Waals surface area (Å²) in [5.41, 5.74) is 1.52. The molecule has 6 heteroatoms. The molecule has 2 aromatic rings. The first-order valence-corrected chi connectivity index (χ1v) is 9.09. The lowest BCUT2D eigenvalue weighted by Crippen LogP contribution is -2.40. The number of aromatic nitrogens is 2. The van der Waals surface area contributed by atoms with Crippen LogP contribution in [0.25, 0.3) is 11.5 Å². The van der Waals surface area contributed by atoms with Crippen molar-refractivity contribution in [1.82, 2.24) is 15.1 Å². The van der Waals surface area contributed by atoms with Gasteiger partial charge in [0.2, 0.25) is 11.8 Å². The molecule has 1 saturated carbocycles. The van der Waals surface area contributed by atoms with Crippen molar-refractivity contribution in [3.05, 3.63) is 35.7 Å². The van der Waals surface area contributed by atoms with Crippen LogP contribution in [0.1, 0.15) is 35.5 Å². The van der Waals surface area contributed by atoms with E-state index in [-0.39, 0.29) is 5.91 Å². The van der Waals surface area contributed by atoms with Crippen molar-refractivity contribution in [2.75, 3.05) is 13.3 Å². The Hall–Kier alpha value is -1.82. The molecule has 5 nitrogen and oxygen atoms in total. The number of hydrogen-bond acceptors (Lipinski definition) is 5. The van der Waals surface area contributed by atoms with Crippen LogP contribution in [0.2, 0.25) is 0 Å². The SMILES string of the molecule is CS[C@@H]1CCC[C@H]1N(C)C(=O)c1ccc(-c2nnc(C)o2)cc1. The van der Waals surface area contributed by atoms with Crippen molar-refractivity contribution >= 4 is 17.7 Å². The van der Waals surface area contributed by atoms with Gasteiger partial charge in [0.25, 0.3) is 5.91 Å². The minimum absolute atomic E-state index is 0.0733. The molecule has 0 bridgehead atoms. The molecule has 0 N–H and O–H groups in total. The van der Waals surface area contributed by atoms with Gasteiger partial charge in [-0.1, -0.05) is 6.42 Å². The van der Waals surface area contributed by atoms with E-state index < -0.39 is 0 Å². The van der Waals surface area contributed by atoms with E-state index in [1.807, 2.05) is 48.0 Å². The molecule has 1 heterocycles. The maximum Gasteiger partial charge on any atom is 0.253 e. The Labute approximate surface area is 140 Å². The van der Waals surface area contributed by atoms with Gasteiger partial charge in [0, 0.05) is 36.4 Å². The second-order valence-corrected chi connectivity index (χ2v) is 6.97. The van der Waals surface area contributed by atoms with Crippen molar-refractivity contribution < 1.29 is 9.21 Å². The molecular weight excluding hydrogens is 310 g/mol. The van der Waals surface area contributed by atoms with Gasteiger partial charge in [-0.3, -0.25) is 4.79 Å². The quantitative estimate of drug-likeness (QED) is 0.859. The van der Waals surface area contributed by atoms with Crippen molar-refractivity contribution in [3.63, 3.8) is 0 Å². The molecule has 23 heavy (non-hydrogen) atoms. The molecule has 0 unspecified atom stereocenters. The van der Waals surface area contributed by atoms with Crippen LogP contribution < -0.4 is 0 Å². The molecule has 0 saturated heterocycles. The lowest BCUT2D eigenvalue weighted by Gasteiger charge is -2.29. The number of rotatable bonds is 4. The number of nitrogens with zero attached hydrogens (tertiary/aromatic N) is 3. The zero-order valence-electron chi connectivity index (χ0n) is 13.7. The average molecular weight is 331 g/mol. The van der Waals surface area contributed by atoms with Crippen molar-refractivity contribution in [2.24, 2.45) is 0 Å². The van der Waals surface area contributed by atoms with Crippen molar-refractivity contribution in [2.45, 2.75) is 37.5 Å². The van der Waals surface area contributed by atoms with Crippen LogP contribution in [-0.2, 0) is 0 Å². The molecule has 2 atom stereocenters. The second-order valence-electron chi connectivity index (χ2n) is 5.89. The van der Waals surface area contributed by atoms with Crippen LogP contribution in [0.5, 0.6) is 0 Å². The molecule has 1 aromatic carbocycles. The highest BCUT2D eigenvalue weighted by molar-refractivity contribution is 7.99. The highest BCUT2D eigenvalue weighted by Gasteiger charge is 2.32. The van der Waals surface area contributed by atoms with Gasteiger partial charge in [0.1, 0.15) is 0 Å². The van der Waals surface area contributed by atoms with Crippen molar-refractivity contribution in [3.8, 4) is 11.5 Å². The summed E-state index contributed by atoms with van der Waals surface area (Å²) < 4.78 is 5.41. The van der Waals surface area contributed by atoms with E-state index in [0.29, 0.717) is 28.6 Å². The van der Waals surface area contributed by atoms with Gasteiger partial charge in [0.05, 0.1) is 0 Å². The van der Waals surface area contributed by atoms with Gasteiger partial charge in [-0.05, 0) is 43.4 Å². The van der Waals surface area contributed by atoms with Crippen LogP contribution in [-0.4, -0.2) is 45.6 Å². The zero-order valence-corrected chi connectivity index (χ0v) is 14.5. The lowest BCUT2D eigenvalue weighted by atomic mass is 10.1. The smallest absolute Gasteiger partial charge is 0.253 e. The highest BCUT2D eigenvalue weighted by Crippen LogP contribution is 2.32. The fraction of sp³-hybridized carbons (Fsp3) is 0.471. The molecule has 1 aromatic heterocycles. The summed E-state index contributed by atoms with van der Waals surface area (Å²) >= 11 is 1.86. The molecule has 1 fully saturated rings. The van der Waals surface area contributed by atoms with Crippen LogP contribution >= 0.6 is 11.8 Å². The number of carbonyl (C=O) groups is 1. The molecule has 122 valence electrons. The summed E-state index contributed by atoms with van der Waals surface area (Å²) in [6.45, 7) is 1.76. The summed E-state index contributed by atoms with van der Waals surface area (Å²) in [5, 5.41) is 8.37. The molecule has 1 amide bonds. The second kappa shape index (κ2) is 6.74. The van der Waals surface area contributed by atoms with E-state index in [4.69, 9.17) is 4.42 Å². The maximum atomic E-state index is 12.7. The predicted molar refractivity (Wildman–Crippen MR) is 91.5 cm³/mol. The Morgan fingerprint density at radius 3 is 2.61 bits per heavy atom. The third-order valence-electron chi connectivity index (χ3n) is 4.44. The van der Waals surface area contributed by atoms with E-state index in [2.05, 4.69) is 16.5 Å². The largest absolute Gasteiger partial charge is 0.421 e. The fourth-order valence-electron chi connectivity index (χ4n) is 3.15.